The van der Waals surface area contributed by atoms with Crippen LogP contribution in [0, 0.1) is 11.8 Å². The molecule has 4 heteroatoms. The lowest BCUT2D eigenvalue weighted by Crippen LogP contribution is -2.35. The molecule has 1 heterocycles. The molecule has 0 aliphatic carbocycles. The first kappa shape index (κ1) is 20.1. The van der Waals surface area contributed by atoms with E-state index in [9.17, 15) is 0 Å². The van der Waals surface area contributed by atoms with Gasteiger partial charge in [0.05, 0.1) is 6.67 Å². The smallest absolute Gasteiger partial charge is 0.120 e. The maximum atomic E-state index is 3.96. The first-order valence-corrected chi connectivity index (χ1v) is 9.78. The molecule has 0 bridgehead atoms. The molecule has 4 nitrogen and oxygen atoms in total. The van der Waals surface area contributed by atoms with Gasteiger partial charge in [0.1, 0.15) is 12.7 Å². The molecule has 0 aromatic carbocycles. The molecule has 0 fully saturated rings. The summed E-state index contributed by atoms with van der Waals surface area (Å²) in [5.41, 5.74) is 0. The van der Waals surface area contributed by atoms with E-state index in [1.807, 2.05) is 12.7 Å². The van der Waals surface area contributed by atoms with Crippen molar-refractivity contribution in [2.75, 3.05) is 13.1 Å². The summed E-state index contributed by atoms with van der Waals surface area (Å²) in [6.07, 6.45) is 14.3. The minimum atomic E-state index is 0.815. The Morgan fingerprint density at radius 1 is 0.826 bits per heavy atom. The number of hydrogen-bond acceptors (Lipinski definition) is 3. The summed E-state index contributed by atoms with van der Waals surface area (Å²) in [5.74, 6) is 1.63. The van der Waals surface area contributed by atoms with E-state index in [1.54, 1.807) is 0 Å². The average Bonchev–Trinajstić information content (AvgIpc) is 3.07. The molecule has 0 aliphatic heterocycles. The lowest BCUT2D eigenvalue weighted by Gasteiger charge is -2.30. The molecule has 0 aliphatic rings. The van der Waals surface area contributed by atoms with Crippen LogP contribution in [-0.4, -0.2) is 32.8 Å². The van der Waals surface area contributed by atoms with Crippen molar-refractivity contribution in [3.05, 3.63) is 12.7 Å². The highest BCUT2D eigenvalue weighted by Gasteiger charge is 2.17. The fraction of sp³-hybridized carbons (Fsp3) is 0.895. The monoisotopic (exact) mass is 322 g/mol. The Kier molecular flexibility index (Phi) is 11.0. The Labute approximate surface area is 143 Å². The van der Waals surface area contributed by atoms with Crippen LogP contribution in [0.15, 0.2) is 12.7 Å². The van der Waals surface area contributed by atoms with Crippen LogP contribution in [0.1, 0.15) is 79.1 Å². The molecule has 0 spiro atoms. The van der Waals surface area contributed by atoms with Crippen LogP contribution >= 0.6 is 0 Å². The standard InChI is InChI=1S/C19H38N4/c1-5-9-11-18(7-3)13-22(17-23-15-20-21-16-23)14-19(8-4)12-10-6-2/h15-16,18-19H,5-14,17H2,1-4H3. The van der Waals surface area contributed by atoms with Crippen LogP contribution in [0.5, 0.6) is 0 Å². The van der Waals surface area contributed by atoms with Crippen molar-refractivity contribution in [2.45, 2.75) is 85.7 Å². The third-order valence-corrected chi connectivity index (χ3v) is 4.95. The Morgan fingerprint density at radius 2 is 1.30 bits per heavy atom. The van der Waals surface area contributed by atoms with Crippen molar-refractivity contribution in [2.24, 2.45) is 11.8 Å². The zero-order valence-electron chi connectivity index (χ0n) is 15.9. The summed E-state index contributed by atoms with van der Waals surface area (Å²) in [7, 11) is 0. The number of unbranched alkanes of at least 4 members (excludes halogenated alkanes) is 2. The van der Waals surface area contributed by atoms with Gasteiger partial charge in [0.15, 0.2) is 0 Å². The predicted octanol–water partition coefficient (Wildman–Crippen LogP) is 4.97. The SMILES string of the molecule is CCCCC(CC)CN(CC(CC)CCCC)Cn1cnnc1. The Bertz CT molecular complexity index is 345. The van der Waals surface area contributed by atoms with E-state index in [1.165, 1.54) is 64.5 Å². The van der Waals surface area contributed by atoms with E-state index >= 15 is 0 Å². The summed E-state index contributed by atoms with van der Waals surface area (Å²) in [4.78, 5) is 2.64. The van der Waals surface area contributed by atoms with Crippen molar-refractivity contribution < 1.29 is 0 Å². The molecule has 0 amide bonds. The largest absolute Gasteiger partial charge is 0.306 e. The normalized spacial score (nSPS) is 14.3. The van der Waals surface area contributed by atoms with Crippen LogP contribution < -0.4 is 0 Å². The maximum absolute atomic E-state index is 3.96. The van der Waals surface area contributed by atoms with Gasteiger partial charge in [-0.05, 0) is 24.7 Å². The van der Waals surface area contributed by atoms with Crippen molar-refractivity contribution in [3.8, 4) is 0 Å². The van der Waals surface area contributed by atoms with Gasteiger partial charge in [0.2, 0.25) is 0 Å². The van der Waals surface area contributed by atoms with Crippen molar-refractivity contribution in [1.29, 1.82) is 0 Å². The molecule has 23 heavy (non-hydrogen) atoms. The topological polar surface area (TPSA) is 34.0 Å². The fourth-order valence-corrected chi connectivity index (χ4v) is 3.28. The van der Waals surface area contributed by atoms with Gasteiger partial charge in [-0.15, -0.1) is 10.2 Å². The molecule has 1 aromatic heterocycles. The second kappa shape index (κ2) is 12.5. The predicted molar refractivity (Wildman–Crippen MR) is 98.2 cm³/mol. The minimum Gasteiger partial charge on any atom is -0.306 e. The molecule has 134 valence electrons. The van der Waals surface area contributed by atoms with Crippen molar-refractivity contribution >= 4 is 0 Å². The molecule has 1 rings (SSSR count). The number of nitrogens with zero attached hydrogens (tertiary/aromatic N) is 4. The number of rotatable bonds is 14. The molecule has 0 N–H and O–H groups in total. The quantitative estimate of drug-likeness (QED) is 0.485. The van der Waals surface area contributed by atoms with E-state index in [0.717, 1.165) is 18.5 Å². The summed E-state index contributed by atoms with van der Waals surface area (Å²) >= 11 is 0. The maximum Gasteiger partial charge on any atom is 0.120 e. The molecule has 0 radical (unpaired) electrons. The summed E-state index contributed by atoms with van der Waals surface area (Å²) in [6.45, 7) is 12.6. The van der Waals surface area contributed by atoms with E-state index in [-0.39, 0.29) is 0 Å². The molecular weight excluding hydrogens is 284 g/mol. The van der Waals surface area contributed by atoms with Crippen LogP contribution in [0.3, 0.4) is 0 Å². The Balaban J connectivity index is 2.62. The number of hydrogen-bond donors (Lipinski definition) is 0. The van der Waals surface area contributed by atoms with Gasteiger partial charge in [-0.2, -0.15) is 0 Å². The Morgan fingerprint density at radius 3 is 1.70 bits per heavy atom. The molecular formula is C19H38N4. The summed E-state index contributed by atoms with van der Waals surface area (Å²) in [6, 6.07) is 0. The highest BCUT2D eigenvalue weighted by Crippen LogP contribution is 2.19. The third-order valence-electron chi connectivity index (χ3n) is 4.95. The first-order valence-electron chi connectivity index (χ1n) is 9.78. The van der Waals surface area contributed by atoms with E-state index < -0.39 is 0 Å². The van der Waals surface area contributed by atoms with Gasteiger partial charge >= 0.3 is 0 Å². The minimum absolute atomic E-state index is 0.815. The third kappa shape index (κ3) is 8.50. The van der Waals surface area contributed by atoms with Crippen LogP contribution in [-0.2, 0) is 6.67 Å². The summed E-state index contributed by atoms with van der Waals surface area (Å²) in [5, 5.41) is 7.92. The highest BCUT2D eigenvalue weighted by atomic mass is 15.3. The zero-order chi connectivity index (χ0) is 16.9. The lowest BCUT2D eigenvalue weighted by atomic mass is 9.96. The van der Waals surface area contributed by atoms with Crippen LogP contribution in [0.4, 0.5) is 0 Å². The molecule has 1 aromatic rings. The molecule has 2 unspecified atom stereocenters. The van der Waals surface area contributed by atoms with Gasteiger partial charge < -0.3 is 4.57 Å². The second-order valence-corrected chi connectivity index (χ2v) is 6.99. The van der Waals surface area contributed by atoms with Crippen LogP contribution in [0.25, 0.3) is 0 Å². The second-order valence-electron chi connectivity index (χ2n) is 6.99. The summed E-state index contributed by atoms with van der Waals surface area (Å²) < 4.78 is 2.11. The average molecular weight is 323 g/mol. The van der Waals surface area contributed by atoms with Gasteiger partial charge in [-0.1, -0.05) is 66.2 Å². The highest BCUT2D eigenvalue weighted by molar-refractivity contribution is 4.70. The van der Waals surface area contributed by atoms with Gasteiger partial charge in [-0.3, -0.25) is 4.90 Å². The van der Waals surface area contributed by atoms with E-state index in [2.05, 4.69) is 47.4 Å². The van der Waals surface area contributed by atoms with Crippen LogP contribution in [0.2, 0.25) is 0 Å². The number of aromatic nitrogens is 3. The molecule has 2 atom stereocenters. The fourth-order valence-electron chi connectivity index (χ4n) is 3.28. The van der Waals surface area contributed by atoms with Gasteiger partial charge in [-0.25, -0.2) is 0 Å². The van der Waals surface area contributed by atoms with Gasteiger partial charge in [0, 0.05) is 13.1 Å². The van der Waals surface area contributed by atoms with E-state index in [4.69, 9.17) is 0 Å². The van der Waals surface area contributed by atoms with E-state index in [0.29, 0.717) is 0 Å². The van der Waals surface area contributed by atoms with Crippen molar-refractivity contribution in [3.63, 3.8) is 0 Å². The first-order chi connectivity index (χ1) is 11.2. The molecule has 0 saturated heterocycles. The van der Waals surface area contributed by atoms with Gasteiger partial charge in [0.25, 0.3) is 0 Å². The Hall–Kier alpha value is -0.900. The lowest BCUT2D eigenvalue weighted by molar-refractivity contribution is 0.144. The zero-order valence-corrected chi connectivity index (χ0v) is 15.9. The van der Waals surface area contributed by atoms with Crippen molar-refractivity contribution in [1.82, 2.24) is 19.7 Å². The molecule has 0 saturated carbocycles.